The molecule has 0 spiro atoms. The summed E-state index contributed by atoms with van der Waals surface area (Å²) >= 11 is 1.68. The first-order valence-corrected chi connectivity index (χ1v) is 8.77. The molecule has 1 saturated heterocycles. The number of benzene rings is 1. The fourth-order valence-electron chi connectivity index (χ4n) is 2.35. The molecule has 2 rings (SSSR count). The highest BCUT2D eigenvalue weighted by atomic mass is 32.2. The molecule has 1 aromatic carbocycles. The number of halogens is 1. The zero-order valence-corrected chi connectivity index (χ0v) is 13.8. The zero-order valence-electron chi connectivity index (χ0n) is 13.0. The Morgan fingerprint density at radius 1 is 1.36 bits per heavy atom. The minimum atomic E-state index is -0.205. The van der Waals surface area contributed by atoms with Crippen molar-refractivity contribution in [1.29, 1.82) is 0 Å². The summed E-state index contributed by atoms with van der Waals surface area (Å²) < 4.78 is 12.8. The van der Waals surface area contributed by atoms with Crippen molar-refractivity contribution < 1.29 is 9.50 Å². The first-order chi connectivity index (χ1) is 10.7. The van der Waals surface area contributed by atoms with E-state index in [1.54, 1.807) is 23.9 Å². The summed E-state index contributed by atoms with van der Waals surface area (Å²) in [6.07, 6.45) is 1.43. The smallest absolute Gasteiger partial charge is 0.193 e. The lowest BCUT2D eigenvalue weighted by atomic mass is 10.1. The molecular formula is C16H24FN3OS. The highest BCUT2D eigenvalue weighted by Crippen LogP contribution is 2.17. The largest absolute Gasteiger partial charge is 0.393 e. The van der Waals surface area contributed by atoms with Crippen molar-refractivity contribution >= 4 is 17.7 Å². The van der Waals surface area contributed by atoms with E-state index in [1.165, 1.54) is 12.1 Å². The van der Waals surface area contributed by atoms with Crippen molar-refractivity contribution in [3.05, 3.63) is 30.1 Å². The Morgan fingerprint density at radius 2 is 2.05 bits per heavy atom. The van der Waals surface area contributed by atoms with Crippen LogP contribution in [0.3, 0.4) is 0 Å². The normalized spacial score (nSPS) is 16.9. The third-order valence-corrected chi connectivity index (χ3v) is 4.53. The van der Waals surface area contributed by atoms with E-state index >= 15 is 0 Å². The SMILES string of the molecule is CCNC(=NCCSc1ccc(F)cc1)N1CCC(O)CC1. The van der Waals surface area contributed by atoms with E-state index in [4.69, 9.17) is 0 Å². The van der Waals surface area contributed by atoms with Gasteiger partial charge in [0.25, 0.3) is 0 Å². The summed E-state index contributed by atoms with van der Waals surface area (Å²) in [5.41, 5.74) is 0. The fraction of sp³-hybridized carbons (Fsp3) is 0.562. The molecule has 0 unspecified atom stereocenters. The molecule has 1 aliphatic heterocycles. The molecule has 0 atom stereocenters. The van der Waals surface area contributed by atoms with Crippen LogP contribution in [0.4, 0.5) is 4.39 Å². The van der Waals surface area contributed by atoms with Gasteiger partial charge in [0.15, 0.2) is 5.96 Å². The molecule has 4 nitrogen and oxygen atoms in total. The Balaban J connectivity index is 1.81. The second-order valence-corrected chi connectivity index (χ2v) is 6.42. The van der Waals surface area contributed by atoms with E-state index in [-0.39, 0.29) is 11.9 Å². The van der Waals surface area contributed by atoms with Gasteiger partial charge >= 0.3 is 0 Å². The van der Waals surface area contributed by atoms with Gasteiger partial charge in [0.1, 0.15) is 5.82 Å². The first-order valence-electron chi connectivity index (χ1n) is 7.78. The summed E-state index contributed by atoms with van der Waals surface area (Å²) in [4.78, 5) is 7.91. The summed E-state index contributed by atoms with van der Waals surface area (Å²) in [5.74, 6) is 1.58. The molecule has 22 heavy (non-hydrogen) atoms. The molecular weight excluding hydrogens is 301 g/mol. The molecule has 0 aromatic heterocycles. The standard InChI is InChI=1S/C16H24FN3OS/c1-2-18-16(20-10-7-14(21)8-11-20)19-9-12-22-15-5-3-13(17)4-6-15/h3-6,14,21H,2,7-12H2,1H3,(H,18,19). The van der Waals surface area contributed by atoms with Crippen LogP contribution < -0.4 is 5.32 Å². The van der Waals surface area contributed by atoms with Gasteiger partial charge in [-0.25, -0.2) is 4.39 Å². The van der Waals surface area contributed by atoms with Crippen LogP contribution in [0, 0.1) is 5.82 Å². The number of thioether (sulfide) groups is 1. The predicted octanol–water partition coefficient (Wildman–Crippen LogP) is 2.34. The van der Waals surface area contributed by atoms with Crippen LogP contribution in [-0.2, 0) is 0 Å². The summed E-state index contributed by atoms with van der Waals surface area (Å²) in [6, 6.07) is 6.55. The lowest BCUT2D eigenvalue weighted by molar-refractivity contribution is 0.108. The van der Waals surface area contributed by atoms with Gasteiger partial charge in [0.2, 0.25) is 0 Å². The minimum Gasteiger partial charge on any atom is -0.393 e. The van der Waals surface area contributed by atoms with E-state index in [0.717, 1.165) is 49.1 Å². The third-order valence-electron chi connectivity index (χ3n) is 3.53. The fourth-order valence-corrected chi connectivity index (χ4v) is 3.10. The Labute approximate surface area is 135 Å². The number of nitrogens with zero attached hydrogens (tertiary/aromatic N) is 2. The van der Waals surface area contributed by atoms with Crippen molar-refractivity contribution in [1.82, 2.24) is 10.2 Å². The molecule has 1 aliphatic rings. The van der Waals surface area contributed by atoms with Gasteiger partial charge in [0, 0.05) is 30.3 Å². The maximum absolute atomic E-state index is 12.8. The van der Waals surface area contributed by atoms with Crippen LogP contribution in [0.1, 0.15) is 19.8 Å². The number of aliphatic imine (C=N–C) groups is 1. The maximum Gasteiger partial charge on any atom is 0.193 e. The second-order valence-electron chi connectivity index (χ2n) is 5.26. The number of rotatable bonds is 5. The van der Waals surface area contributed by atoms with Gasteiger partial charge in [-0.3, -0.25) is 4.99 Å². The van der Waals surface area contributed by atoms with Crippen LogP contribution in [0.5, 0.6) is 0 Å². The number of hydrogen-bond acceptors (Lipinski definition) is 3. The number of aliphatic hydroxyl groups excluding tert-OH is 1. The van der Waals surface area contributed by atoms with Gasteiger partial charge in [-0.05, 0) is 44.0 Å². The van der Waals surface area contributed by atoms with Gasteiger partial charge in [-0.15, -0.1) is 11.8 Å². The highest BCUT2D eigenvalue weighted by Gasteiger charge is 2.19. The number of guanidine groups is 1. The van der Waals surface area contributed by atoms with E-state index in [1.807, 2.05) is 0 Å². The van der Waals surface area contributed by atoms with Crippen LogP contribution in [-0.4, -0.2) is 54.0 Å². The summed E-state index contributed by atoms with van der Waals surface area (Å²) in [7, 11) is 0. The number of aliphatic hydroxyl groups is 1. The average Bonchev–Trinajstić information content (AvgIpc) is 2.53. The van der Waals surface area contributed by atoms with Gasteiger partial charge in [-0.2, -0.15) is 0 Å². The topological polar surface area (TPSA) is 47.9 Å². The van der Waals surface area contributed by atoms with Crippen molar-refractivity contribution in [3.8, 4) is 0 Å². The molecule has 1 aromatic rings. The van der Waals surface area contributed by atoms with Crippen LogP contribution in [0.2, 0.25) is 0 Å². The predicted molar refractivity (Wildman–Crippen MR) is 89.9 cm³/mol. The van der Waals surface area contributed by atoms with Gasteiger partial charge in [-0.1, -0.05) is 0 Å². The molecule has 0 saturated carbocycles. The lowest BCUT2D eigenvalue weighted by Gasteiger charge is -2.32. The Morgan fingerprint density at radius 3 is 2.68 bits per heavy atom. The van der Waals surface area contributed by atoms with Gasteiger partial charge < -0.3 is 15.3 Å². The van der Waals surface area contributed by atoms with E-state index in [0.29, 0.717) is 6.54 Å². The quantitative estimate of drug-likeness (QED) is 0.378. The van der Waals surface area contributed by atoms with Crippen molar-refractivity contribution in [3.63, 3.8) is 0 Å². The summed E-state index contributed by atoms with van der Waals surface area (Å²) in [6.45, 7) is 5.30. The van der Waals surface area contributed by atoms with E-state index in [2.05, 4.69) is 22.1 Å². The summed E-state index contributed by atoms with van der Waals surface area (Å²) in [5, 5.41) is 12.9. The number of piperidine rings is 1. The van der Waals surface area contributed by atoms with Crippen LogP contribution in [0.25, 0.3) is 0 Å². The zero-order chi connectivity index (χ0) is 15.8. The number of hydrogen-bond donors (Lipinski definition) is 2. The average molecular weight is 325 g/mol. The van der Waals surface area contributed by atoms with Crippen LogP contribution >= 0.6 is 11.8 Å². The molecule has 2 N–H and O–H groups in total. The number of likely N-dealkylation sites (tertiary alicyclic amines) is 1. The Hall–Kier alpha value is -1.27. The molecule has 6 heteroatoms. The molecule has 0 bridgehead atoms. The molecule has 1 heterocycles. The number of nitrogens with one attached hydrogen (secondary N) is 1. The minimum absolute atomic E-state index is 0.173. The molecule has 1 fully saturated rings. The highest BCUT2D eigenvalue weighted by molar-refractivity contribution is 7.99. The van der Waals surface area contributed by atoms with Gasteiger partial charge in [0.05, 0.1) is 12.6 Å². The van der Waals surface area contributed by atoms with Crippen molar-refractivity contribution in [2.24, 2.45) is 4.99 Å². The van der Waals surface area contributed by atoms with Crippen molar-refractivity contribution in [2.75, 3.05) is 31.9 Å². The monoisotopic (exact) mass is 325 g/mol. The lowest BCUT2D eigenvalue weighted by Crippen LogP contribution is -2.46. The third kappa shape index (κ3) is 5.50. The molecule has 0 aliphatic carbocycles. The van der Waals surface area contributed by atoms with E-state index in [9.17, 15) is 9.50 Å². The Kier molecular flexibility index (Phi) is 6.99. The van der Waals surface area contributed by atoms with Crippen LogP contribution in [0.15, 0.2) is 34.2 Å². The molecule has 0 radical (unpaired) electrons. The molecule has 122 valence electrons. The van der Waals surface area contributed by atoms with Crippen molar-refractivity contribution in [2.45, 2.75) is 30.8 Å². The second kappa shape index (κ2) is 9.00. The molecule has 0 amide bonds. The Bertz CT molecular complexity index is 473. The first kappa shape index (κ1) is 17.1. The van der Waals surface area contributed by atoms with E-state index < -0.39 is 0 Å². The maximum atomic E-state index is 12.8.